The Morgan fingerprint density at radius 2 is 2.27 bits per heavy atom. The first kappa shape index (κ1) is 11.5. The normalized spacial score (nSPS) is 12.2. The molecule has 0 spiro atoms. The van der Waals surface area contributed by atoms with Crippen molar-refractivity contribution in [3.8, 4) is 0 Å². The highest BCUT2D eigenvalue weighted by atomic mass is 19.1. The number of hydrogen-bond donors (Lipinski definition) is 2. The van der Waals surface area contributed by atoms with Crippen molar-refractivity contribution in [1.29, 1.82) is 0 Å². The van der Waals surface area contributed by atoms with Crippen LogP contribution in [-0.4, -0.2) is 12.5 Å². The van der Waals surface area contributed by atoms with Gasteiger partial charge in [-0.2, -0.15) is 0 Å². The van der Waals surface area contributed by atoms with Crippen molar-refractivity contribution in [1.82, 2.24) is 0 Å². The molecule has 0 saturated carbocycles. The second-order valence-electron chi connectivity index (χ2n) is 3.67. The van der Waals surface area contributed by atoms with Crippen molar-refractivity contribution >= 4 is 11.6 Å². The summed E-state index contributed by atoms with van der Waals surface area (Å²) in [6.45, 7) is 3.86. The summed E-state index contributed by atoms with van der Waals surface area (Å²) in [4.78, 5) is 10.7. The van der Waals surface area contributed by atoms with Crippen molar-refractivity contribution in [3.05, 3.63) is 29.6 Å². The summed E-state index contributed by atoms with van der Waals surface area (Å²) in [5.41, 5.74) is 6.35. The van der Waals surface area contributed by atoms with Gasteiger partial charge in [0.25, 0.3) is 0 Å². The quantitative estimate of drug-likeness (QED) is 0.794. The van der Waals surface area contributed by atoms with Gasteiger partial charge in [-0.05, 0) is 24.6 Å². The number of anilines is 1. The van der Waals surface area contributed by atoms with Gasteiger partial charge in [0.2, 0.25) is 5.91 Å². The second-order valence-corrected chi connectivity index (χ2v) is 3.67. The smallest absolute Gasteiger partial charge is 0.222 e. The molecule has 0 aliphatic heterocycles. The number of carbonyl (C=O) groups is 1. The zero-order valence-corrected chi connectivity index (χ0v) is 8.88. The monoisotopic (exact) mass is 210 g/mol. The number of nitrogens with two attached hydrogens (primary N) is 1. The Labute approximate surface area is 88.5 Å². The van der Waals surface area contributed by atoms with Crippen LogP contribution in [0.1, 0.15) is 12.5 Å². The van der Waals surface area contributed by atoms with Gasteiger partial charge in [-0.1, -0.05) is 13.0 Å². The van der Waals surface area contributed by atoms with Crippen LogP contribution in [0.15, 0.2) is 18.2 Å². The van der Waals surface area contributed by atoms with E-state index in [1.54, 1.807) is 19.1 Å². The molecular formula is C11H15FN2O. The molecule has 0 fully saturated rings. The number of carbonyl (C=O) groups excluding carboxylic acids is 1. The standard InChI is InChI=1S/C11H15FN2O/c1-7-3-4-10(9(12)5-7)14-6-8(2)11(13)15/h3-5,8,14H,6H2,1-2H3,(H2,13,15). The number of halogens is 1. The van der Waals surface area contributed by atoms with Gasteiger partial charge in [0.15, 0.2) is 0 Å². The van der Waals surface area contributed by atoms with Crippen LogP contribution in [0.25, 0.3) is 0 Å². The Bertz CT molecular complexity index is 366. The van der Waals surface area contributed by atoms with Gasteiger partial charge >= 0.3 is 0 Å². The number of aryl methyl sites for hydroxylation is 1. The van der Waals surface area contributed by atoms with Crippen LogP contribution in [-0.2, 0) is 4.79 Å². The lowest BCUT2D eigenvalue weighted by molar-refractivity contribution is -0.120. The van der Waals surface area contributed by atoms with Crippen LogP contribution in [0.2, 0.25) is 0 Å². The highest BCUT2D eigenvalue weighted by Gasteiger charge is 2.09. The molecule has 1 aromatic carbocycles. The van der Waals surface area contributed by atoms with E-state index in [4.69, 9.17) is 5.73 Å². The molecule has 3 nitrogen and oxygen atoms in total. The third kappa shape index (κ3) is 3.23. The highest BCUT2D eigenvalue weighted by molar-refractivity contribution is 5.76. The van der Waals surface area contributed by atoms with Crippen LogP contribution in [0.3, 0.4) is 0 Å². The number of primary amides is 1. The maximum absolute atomic E-state index is 13.3. The van der Waals surface area contributed by atoms with Gasteiger partial charge in [0.1, 0.15) is 5.82 Å². The van der Waals surface area contributed by atoms with E-state index in [0.29, 0.717) is 12.2 Å². The van der Waals surface area contributed by atoms with E-state index in [2.05, 4.69) is 5.32 Å². The Morgan fingerprint density at radius 3 is 2.80 bits per heavy atom. The van der Waals surface area contributed by atoms with Gasteiger partial charge in [0.05, 0.1) is 11.6 Å². The number of benzene rings is 1. The van der Waals surface area contributed by atoms with E-state index in [0.717, 1.165) is 5.56 Å². The highest BCUT2D eigenvalue weighted by Crippen LogP contribution is 2.15. The van der Waals surface area contributed by atoms with E-state index in [9.17, 15) is 9.18 Å². The third-order valence-electron chi connectivity index (χ3n) is 2.21. The van der Waals surface area contributed by atoms with E-state index >= 15 is 0 Å². The average Bonchev–Trinajstić information content (AvgIpc) is 2.15. The van der Waals surface area contributed by atoms with Crippen molar-refractivity contribution < 1.29 is 9.18 Å². The number of rotatable bonds is 4. The van der Waals surface area contributed by atoms with Crippen LogP contribution < -0.4 is 11.1 Å². The van der Waals surface area contributed by atoms with E-state index in [1.165, 1.54) is 6.07 Å². The maximum Gasteiger partial charge on any atom is 0.222 e. The van der Waals surface area contributed by atoms with Gasteiger partial charge < -0.3 is 11.1 Å². The Balaban J connectivity index is 2.62. The summed E-state index contributed by atoms with van der Waals surface area (Å²) >= 11 is 0. The summed E-state index contributed by atoms with van der Waals surface area (Å²) in [6.07, 6.45) is 0. The molecule has 0 radical (unpaired) electrons. The van der Waals surface area contributed by atoms with Gasteiger partial charge in [-0.25, -0.2) is 4.39 Å². The van der Waals surface area contributed by atoms with E-state index < -0.39 is 5.91 Å². The minimum absolute atomic E-state index is 0.313. The summed E-state index contributed by atoms with van der Waals surface area (Å²) < 4.78 is 13.3. The van der Waals surface area contributed by atoms with Crippen molar-refractivity contribution in [2.75, 3.05) is 11.9 Å². The summed E-state index contributed by atoms with van der Waals surface area (Å²) in [7, 11) is 0. The maximum atomic E-state index is 13.3. The van der Waals surface area contributed by atoms with Crippen molar-refractivity contribution in [2.24, 2.45) is 11.7 Å². The molecule has 1 aromatic rings. The molecule has 3 N–H and O–H groups in total. The Kier molecular flexibility index (Phi) is 3.66. The molecule has 1 unspecified atom stereocenters. The fraction of sp³-hybridized carbons (Fsp3) is 0.364. The Hall–Kier alpha value is -1.58. The molecule has 0 aliphatic carbocycles. The van der Waals surface area contributed by atoms with Gasteiger partial charge in [0, 0.05) is 6.54 Å². The van der Waals surface area contributed by atoms with Crippen LogP contribution in [0, 0.1) is 18.7 Å². The number of amides is 1. The summed E-state index contributed by atoms with van der Waals surface area (Å²) in [6, 6.07) is 4.90. The number of nitrogens with one attached hydrogen (secondary N) is 1. The predicted molar refractivity (Wildman–Crippen MR) is 58.0 cm³/mol. The lowest BCUT2D eigenvalue weighted by atomic mass is 10.1. The largest absolute Gasteiger partial charge is 0.382 e. The fourth-order valence-corrected chi connectivity index (χ4v) is 1.13. The van der Waals surface area contributed by atoms with Crippen molar-refractivity contribution in [2.45, 2.75) is 13.8 Å². The lowest BCUT2D eigenvalue weighted by Gasteiger charge is -2.11. The molecule has 0 saturated heterocycles. The number of hydrogen-bond acceptors (Lipinski definition) is 2. The SMILES string of the molecule is Cc1ccc(NCC(C)C(N)=O)c(F)c1. The zero-order valence-electron chi connectivity index (χ0n) is 8.88. The first-order valence-electron chi connectivity index (χ1n) is 4.80. The molecule has 0 aromatic heterocycles. The third-order valence-corrected chi connectivity index (χ3v) is 2.21. The molecule has 1 rings (SSSR count). The first-order chi connectivity index (χ1) is 7.00. The first-order valence-corrected chi connectivity index (χ1v) is 4.80. The second kappa shape index (κ2) is 4.77. The van der Waals surface area contributed by atoms with E-state index in [1.807, 2.05) is 6.92 Å². The summed E-state index contributed by atoms with van der Waals surface area (Å²) in [5, 5.41) is 2.85. The molecular weight excluding hydrogens is 195 g/mol. The lowest BCUT2D eigenvalue weighted by Crippen LogP contribution is -2.26. The molecule has 1 amide bonds. The zero-order chi connectivity index (χ0) is 11.4. The average molecular weight is 210 g/mol. The van der Waals surface area contributed by atoms with Crippen LogP contribution in [0.5, 0.6) is 0 Å². The minimum Gasteiger partial charge on any atom is -0.382 e. The van der Waals surface area contributed by atoms with Gasteiger partial charge in [-0.15, -0.1) is 0 Å². The van der Waals surface area contributed by atoms with Crippen LogP contribution in [0.4, 0.5) is 10.1 Å². The molecule has 0 heterocycles. The Morgan fingerprint density at radius 1 is 1.60 bits per heavy atom. The molecule has 0 bridgehead atoms. The molecule has 0 aliphatic rings. The molecule has 1 atom stereocenters. The predicted octanol–water partition coefficient (Wildman–Crippen LogP) is 1.67. The molecule has 82 valence electrons. The van der Waals surface area contributed by atoms with Crippen LogP contribution >= 0.6 is 0 Å². The fourth-order valence-electron chi connectivity index (χ4n) is 1.13. The van der Waals surface area contributed by atoms with E-state index in [-0.39, 0.29) is 11.7 Å². The molecule has 4 heteroatoms. The van der Waals surface area contributed by atoms with Gasteiger partial charge in [-0.3, -0.25) is 4.79 Å². The molecule has 15 heavy (non-hydrogen) atoms. The topological polar surface area (TPSA) is 55.1 Å². The summed E-state index contributed by atoms with van der Waals surface area (Å²) in [5.74, 6) is -1.02. The van der Waals surface area contributed by atoms with Crippen molar-refractivity contribution in [3.63, 3.8) is 0 Å². The minimum atomic E-state index is -0.394.